The number of aryl methyl sites for hydroxylation is 1. The summed E-state index contributed by atoms with van der Waals surface area (Å²) in [4.78, 5) is 16.9. The molecule has 0 bridgehead atoms. The van der Waals surface area contributed by atoms with E-state index in [-0.39, 0.29) is 6.03 Å². The monoisotopic (exact) mass is 343 g/mol. The number of anilines is 2. The van der Waals surface area contributed by atoms with Crippen LogP contribution in [0.2, 0.25) is 0 Å². The standard InChI is InChI=1S/C20H17N5O/c1-14-13-19(23-20(26)21-16-8-3-2-4-9-16)25(24-14)18-12-11-15-7-5-6-10-17(15)22-18/h2-13H,1H3,(H2,21,23,26). The van der Waals surface area contributed by atoms with E-state index in [1.54, 1.807) is 10.7 Å². The first-order chi connectivity index (χ1) is 12.7. The van der Waals surface area contributed by atoms with Crippen LogP contribution in [0.15, 0.2) is 72.8 Å². The molecule has 0 aliphatic carbocycles. The minimum Gasteiger partial charge on any atom is -0.308 e. The average molecular weight is 343 g/mol. The minimum atomic E-state index is -0.335. The summed E-state index contributed by atoms with van der Waals surface area (Å²) in [6.07, 6.45) is 0. The zero-order chi connectivity index (χ0) is 17.9. The minimum absolute atomic E-state index is 0.335. The van der Waals surface area contributed by atoms with Crippen LogP contribution in [-0.4, -0.2) is 20.8 Å². The lowest BCUT2D eigenvalue weighted by Gasteiger charge is -2.10. The SMILES string of the molecule is Cc1cc(NC(=O)Nc2ccccc2)n(-c2ccc3ccccc3n2)n1. The van der Waals surface area contributed by atoms with Gasteiger partial charge in [0.05, 0.1) is 11.2 Å². The molecule has 4 rings (SSSR count). The second kappa shape index (κ2) is 6.68. The van der Waals surface area contributed by atoms with E-state index in [9.17, 15) is 4.79 Å². The van der Waals surface area contributed by atoms with Crippen molar-refractivity contribution in [1.29, 1.82) is 0 Å². The number of carbonyl (C=O) groups excluding carboxylic acids is 1. The average Bonchev–Trinajstić information content (AvgIpc) is 3.02. The topological polar surface area (TPSA) is 71.8 Å². The van der Waals surface area contributed by atoms with E-state index < -0.39 is 0 Å². The molecular formula is C20H17N5O. The Bertz CT molecular complexity index is 1070. The molecule has 0 unspecified atom stereocenters. The fourth-order valence-electron chi connectivity index (χ4n) is 2.74. The highest BCUT2D eigenvalue weighted by Crippen LogP contribution is 2.19. The zero-order valence-corrected chi connectivity index (χ0v) is 14.2. The number of urea groups is 1. The summed E-state index contributed by atoms with van der Waals surface area (Å²) in [7, 11) is 0. The van der Waals surface area contributed by atoms with E-state index in [0.717, 1.165) is 22.3 Å². The number of fused-ring (bicyclic) bond motifs is 1. The van der Waals surface area contributed by atoms with Crippen LogP contribution >= 0.6 is 0 Å². The Labute approximate surface area is 150 Å². The van der Waals surface area contributed by atoms with Crippen molar-refractivity contribution >= 4 is 28.4 Å². The molecule has 2 heterocycles. The van der Waals surface area contributed by atoms with Gasteiger partial charge in [0.15, 0.2) is 5.82 Å². The zero-order valence-electron chi connectivity index (χ0n) is 14.2. The molecule has 4 aromatic rings. The highest BCUT2D eigenvalue weighted by Gasteiger charge is 2.12. The Morgan fingerprint density at radius 2 is 1.69 bits per heavy atom. The maximum atomic E-state index is 12.3. The van der Waals surface area contributed by atoms with Gasteiger partial charge in [0.25, 0.3) is 0 Å². The van der Waals surface area contributed by atoms with Gasteiger partial charge in [0.1, 0.15) is 5.82 Å². The predicted molar refractivity (Wildman–Crippen MR) is 103 cm³/mol. The Balaban J connectivity index is 1.62. The molecule has 2 amide bonds. The molecule has 26 heavy (non-hydrogen) atoms. The van der Waals surface area contributed by atoms with Gasteiger partial charge in [0.2, 0.25) is 0 Å². The van der Waals surface area contributed by atoms with Crippen molar-refractivity contribution in [3.63, 3.8) is 0 Å². The summed E-state index contributed by atoms with van der Waals surface area (Å²) >= 11 is 0. The number of nitrogens with one attached hydrogen (secondary N) is 2. The van der Waals surface area contributed by atoms with E-state index in [4.69, 9.17) is 0 Å². The van der Waals surface area contributed by atoms with Gasteiger partial charge >= 0.3 is 6.03 Å². The van der Waals surface area contributed by atoms with E-state index in [2.05, 4.69) is 20.7 Å². The van der Waals surface area contributed by atoms with Crippen molar-refractivity contribution in [2.75, 3.05) is 10.6 Å². The molecule has 0 atom stereocenters. The lowest BCUT2D eigenvalue weighted by molar-refractivity contribution is 0.262. The normalized spacial score (nSPS) is 10.7. The summed E-state index contributed by atoms with van der Waals surface area (Å²) in [5.74, 6) is 1.20. The molecule has 0 aliphatic rings. The Morgan fingerprint density at radius 1 is 0.923 bits per heavy atom. The van der Waals surface area contributed by atoms with Crippen molar-refractivity contribution in [2.24, 2.45) is 0 Å². The van der Waals surface area contributed by atoms with E-state index in [1.165, 1.54) is 0 Å². The highest BCUT2D eigenvalue weighted by atomic mass is 16.2. The molecule has 0 radical (unpaired) electrons. The summed E-state index contributed by atoms with van der Waals surface area (Å²) in [6.45, 7) is 1.87. The summed E-state index contributed by atoms with van der Waals surface area (Å²) in [5.41, 5.74) is 2.38. The number of pyridine rings is 1. The van der Waals surface area contributed by atoms with Crippen molar-refractivity contribution in [3.05, 3.63) is 78.5 Å². The smallest absolute Gasteiger partial charge is 0.308 e. The number of rotatable bonds is 3. The number of hydrogen-bond acceptors (Lipinski definition) is 3. The second-order valence-electron chi connectivity index (χ2n) is 5.89. The van der Waals surface area contributed by atoms with E-state index in [0.29, 0.717) is 11.6 Å². The van der Waals surface area contributed by atoms with Crippen LogP contribution in [-0.2, 0) is 0 Å². The first kappa shape index (κ1) is 15.8. The van der Waals surface area contributed by atoms with Crippen molar-refractivity contribution < 1.29 is 4.79 Å². The lowest BCUT2D eigenvalue weighted by Crippen LogP contribution is -2.21. The Morgan fingerprint density at radius 3 is 2.54 bits per heavy atom. The van der Waals surface area contributed by atoms with Gasteiger partial charge in [0, 0.05) is 17.1 Å². The predicted octanol–water partition coefficient (Wildman–Crippen LogP) is 4.37. The fourth-order valence-corrected chi connectivity index (χ4v) is 2.74. The molecule has 128 valence electrons. The maximum absolute atomic E-state index is 12.3. The molecule has 6 heteroatoms. The van der Waals surface area contributed by atoms with Crippen LogP contribution in [0.4, 0.5) is 16.3 Å². The third kappa shape index (κ3) is 3.25. The molecule has 0 aliphatic heterocycles. The van der Waals surface area contributed by atoms with Crippen molar-refractivity contribution in [1.82, 2.24) is 14.8 Å². The van der Waals surface area contributed by atoms with E-state index in [1.807, 2.05) is 73.7 Å². The van der Waals surface area contributed by atoms with Crippen molar-refractivity contribution in [2.45, 2.75) is 6.92 Å². The molecule has 2 aromatic heterocycles. The third-order valence-corrected chi connectivity index (χ3v) is 3.91. The van der Waals surface area contributed by atoms with Gasteiger partial charge in [-0.3, -0.25) is 5.32 Å². The van der Waals surface area contributed by atoms with Crippen LogP contribution in [0.3, 0.4) is 0 Å². The highest BCUT2D eigenvalue weighted by molar-refractivity contribution is 5.99. The van der Waals surface area contributed by atoms with Gasteiger partial charge in [-0.15, -0.1) is 0 Å². The van der Waals surface area contributed by atoms with E-state index >= 15 is 0 Å². The molecule has 6 nitrogen and oxygen atoms in total. The van der Waals surface area contributed by atoms with Gasteiger partial charge < -0.3 is 5.32 Å². The third-order valence-electron chi connectivity index (χ3n) is 3.91. The molecular weight excluding hydrogens is 326 g/mol. The number of hydrogen-bond donors (Lipinski definition) is 2. The van der Waals surface area contributed by atoms with Gasteiger partial charge in [-0.25, -0.2) is 9.78 Å². The number of benzene rings is 2. The van der Waals surface area contributed by atoms with Crippen LogP contribution < -0.4 is 10.6 Å². The van der Waals surface area contributed by atoms with Crippen molar-refractivity contribution in [3.8, 4) is 5.82 Å². The van der Waals surface area contributed by atoms with Gasteiger partial charge in [-0.05, 0) is 37.3 Å². The first-order valence-corrected chi connectivity index (χ1v) is 8.25. The number of nitrogens with zero attached hydrogens (tertiary/aromatic N) is 3. The Kier molecular flexibility index (Phi) is 4.07. The number of aromatic nitrogens is 3. The largest absolute Gasteiger partial charge is 0.324 e. The summed E-state index contributed by atoms with van der Waals surface area (Å²) in [5, 5.41) is 11.1. The molecule has 0 saturated carbocycles. The molecule has 2 N–H and O–H groups in total. The molecule has 0 saturated heterocycles. The van der Waals surface area contributed by atoms with Crippen LogP contribution in [0.1, 0.15) is 5.69 Å². The number of amides is 2. The van der Waals surface area contributed by atoms with Gasteiger partial charge in [-0.1, -0.05) is 36.4 Å². The summed E-state index contributed by atoms with van der Waals surface area (Å²) < 4.78 is 1.63. The Hall–Kier alpha value is -3.67. The molecule has 0 spiro atoms. The summed E-state index contributed by atoms with van der Waals surface area (Å²) in [6, 6.07) is 22.5. The maximum Gasteiger partial charge on any atom is 0.324 e. The lowest BCUT2D eigenvalue weighted by atomic mass is 10.2. The number of carbonyl (C=O) groups is 1. The molecule has 0 fully saturated rings. The quantitative estimate of drug-likeness (QED) is 0.580. The van der Waals surface area contributed by atoms with Gasteiger partial charge in [-0.2, -0.15) is 9.78 Å². The van der Waals surface area contributed by atoms with Crippen LogP contribution in [0.5, 0.6) is 0 Å². The molecule has 2 aromatic carbocycles. The van der Waals surface area contributed by atoms with Crippen LogP contribution in [0, 0.1) is 6.92 Å². The first-order valence-electron chi connectivity index (χ1n) is 8.25. The fraction of sp³-hybridized carbons (Fsp3) is 0.0500. The second-order valence-corrected chi connectivity index (χ2v) is 5.89. The van der Waals surface area contributed by atoms with Crippen LogP contribution in [0.25, 0.3) is 16.7 Å². The number of para-hydroxylation sites is 2.